The predicted octanol–water partition coefficient (Wildman–Crippen LogP) is 4.37. The summed E-state index contributed by atoms with van der Waals surface area (Å²) in [5, 5.41) is 0.998. The summed E-state index contributed by atoms with van der Waals surface area (Å²) in [4.78, 5) is 17.5. The first kappa shape index (κ1) is 22.6. The van der Waals surface area contributed by atoms with Gasteiger partial charge in [-0.25, -0.2) is 4.39 Å². The number of hydrogen-bond donors (Lipinski definition) is 0. The Kier molecular flexibility index (Phi) is 6.61. The van der Waals surface area contributed by atoms with Gasteiger partial charge < -0.3 is 14.1 Å². The van der Waals surface area contributed by atoms with Gasteiger partial charge in [0.1, 0.15) is 11.8 Å². The van der Waals surface area contributed by atoms with E-state index in [1.54, 1.807) is 6.26 Å². The molecule has 5 rings (SSSR count). The van der Waals surface area contributed by atoms with Crippen LogP contribution in [0.5, 0.6) is 0 Å². The fraction of sp³-hybridized carbons (Fsp3) is 0.625. The Morgan fingerprint density at radius 2 is 2.16 bits per heavy atom. The Morgan fingerprint density at radius 3 is 2.90 bits per heavy atom. The number of nitrogens with zero attached hydrogens (tertiary/aromatic N) is 2. The second-order valence-electron chi connectivity index (χ2n) is 9.32. The lowest BCUT2D eigenvalue weighted by Gasteiger charge is -2.48. The highest BCUT2D eigenvalue weighted by atomic mass is 35.5. The van der Waals surface area contributed by atoms with E-state index in [2.05, 4.69) is 4.90 Å². The lowest BCUT2D eigenvalue weighted by Crippen LogP contribution is -2.58. The minimum atomic E-state index is -0.757. The Bertz CT molecular complexity index is 913. The van der Waals surface area contributed by atoms with E-state index in [9.17, 15) is 9.18 Å². The van der Waals surface area contributed by atoms with Crippen LogP contribution in [0.1, 0.15) is 44.1 Å². The van der Waals surface area contributed by atoms with Gasteiger partial charge in [0.25, 0.3) is 0 Å². The van der Waals surface area contributed by atoms with Gasteiger partial charge in [-0.1, -0.05) is 12.1 Å². The number of halogens is 2. The van der Waals surface area contributed by atoms with E-state index in [0.29, 0.717) is 19.4 Å². The molecule has 7 heteroatoms. The fourth-order valence-corrected chi connectivity index (χ4v) is 5.89. The summed E-state index contributed by atoms with van der Waals surface area (Å²) >= 11 is 0. The number of ether oxygens (including phenoxy) is 1. The zero-order chi connectivity index (χ0) is 20.7. The van der Waals surface area contributed by atoms with E-state index in [1.807, 2.05) is 36.2 Å². The molecule has 2 saturated heterocycles. The van der Waals surface area contributed by atoms with Crippen LogP contribution < -0.4 is 0 Å². The van der Waals surface area contributed by atoms with E-state index in [1.165, 1.54) is 0 Å². The maximum atomic E-state index is 14.0. The molecule has 1 aliphatic carbocycles. The van der Waals surface area contributed by atoms with E-state index in [-0.39, 0.29) is 36.0 Å². The Balaban J connectivity index is 0.00000231. The molecule has 1 aromatic carbocycles. The summed E-state index contributed by atoms with van der Waals surface area (Å²) in [7, 11) is 1.92. The fourth-order valence-electron chi connectivity index (χ4n) is 5.89. The van der Waals surface area contributed by atoms with Gasteiger partial charge in [-0.3, -0.25) is 9.69 Å². The molecule has 1 saturated carbocycles. The van der Waals surface area contributed by atoms with Crippen molar-refractivity contribution in [2.45, 2.75) is 68.8 Å². The van der Waals surface area contributed by atoms with Crippen LogP contribution in [0.15, 0.2) is 34.9 Å². The van der Waals surface area contributed by atoms with E-state index >= 15 is 0 Å². The third kappa shape index (κ3) is 4.35. The number of carbonyl (C=O) groups excluding carboxylic acids is 1. The van der Waals surface area contributed by atoms with Gasteiger partial charge in [0.05, 0.1) is 18.3 Å². The molecule has 31 heavy (non-hydrogen) atoms. The number of likely N-dealkylation sites (tertiary alicyclic amines) is 1. The maximum Gasteiger partial charge on any atom is 0.227 e. The summed E-state index contributed by atoms with van der Waals surface area (Å²) in [6.45, 7) is 2.08. The van der Waals surface area contributed by atoms with Gasteiger partial charge in [-0.2, -0.15) is 0 Å². The summed E-state index contributed by atoms with van der Waals surface area (Å²) < 4.78 is 25.7. The van der Waals surface area contributed by atoms with Crippen LogP contribution in [-0.2, 0) is 16.0 Å². The Labute approximate surface area is 189 Å². The summed E-state index contributed by atoms with van der Waals surface area (Å²) in [6.07, 6.45) is 6.84. The van der Waals surface area contributed by atoms with Crippen LogP contribution in [0, 0.1) is 0 Å². The van der Waals surface area contributed by atoms with Crippen LogP contribution in [0.3, 0.4) is 0 Å². The molecule has 170 valence electrons. The van der Waals surface area contributed by atoms with E-state index in [4.69, 9.17) is 9.15 Å². The number of hydrogen-bond acceptors (Lipinski definition) is 4. The monoisotopic (exact) mass is 450 g/mol. The standard InChI is InChI=1S/C24H31FN2O3.ClH/c1-26(23(28)14-17-4-2-5-22-19(17)8-13-29-22)20-6-10-24(9-3-12-30-24)15-21(20)27-11-7-18(25)16-27;/h2,4-5,8,13,18,20-21H,3,6-7,9-12,14-16H2,1H3;1H/t18-,20-,21-,24-;/m1./s1. The van der Waals surface area contributed by atoms with Crippen molar-refractivity contribution >= 4 is 29.3 Å². The number of rotatable bonds is 4. The molecule has 5 nitrogen and oxygen atoms in total. The lowest BCUT2D eigenvalue weighted by molar-refractivity contribution is -0.136. The Hall–Kier alpha value is -1.63. The number of fused-ring (bicyclic) bond motifs is 1. The molecule has 2 aliphatic heterocycles. The molecule has 1 amide bonds. The average molecular weight is 451 g/mol. The molecule has 3 aliphatic rings. The molecule has 0 unspecified atom stereocenters. The van der Waals surface area contributed by atoms with Crippen LogP contribution in [0.2, 0.25) is 0 Å². The zero-order valence-electron chi connectivity index (χ0n) is 18.1. The number of likely N-dealkylation sites (N-methyl/N-ethyl adjacent to an activating group) is 1. The molecule has 0 radical (unpaired) electrons. The van der Waals surface area contributed by atoms with Gasteiger partial charge in [-0.05, 0) is 56.2 Å². The molecule has 1 spiro atoms. The quantitative estimate of drug-likeness (QED) is 0.694. The minimum Gasteiger partial charge on any atom is -0.464 e. The molecule has 3 fully saturated rings. The first-order chi connectivity index (χ1) is 14.5. The smallest absolute Gasteiger partial charge is 0.227 e. The average Bonchev–Trinajstić information content (AvgIpc) is 3.49. The topological polar surface area (TPSA) is 45.9 Å². The second-order valence-corrected chi connectivity index (χ2v) is 9.32. The molecule has 0 N–H and O–H groups in total. The van der Waals surface area contributed by atoms with Gasteiger partial charge in [-0.15, -0.1) is 12.4 Å². The van der Waals surface area contributed by atoms with Crippen molar-refractivity contribution in [1.29, 1.82) is 0 Å². The highest BCUT2D eigenvalue weighted by Crippen LogP contribution is 2.43. The highest BCUT2D eigenvalue weighted by Gasteiger charge is 2.48. The first-order valence-electron chi connectivity index (χ1n) is 11.3. The molecule has 0 bridgehead atoms. The van der Waals surface area contributed by atoms with Gasteiger partial charge in [0.2, 0.25) is 5.91 Å². The third-order valence-corrected chi connectivity index (χ3v) is 7.56. The van der Waals surface area contributed by atoms with Crippen LogP contribution in [-0.4, -0.2) is 66.3 Å². The van der Waals surface area contributed by atoms with Gasteiger partial charge >= 0.3 is 0 Å². The van der Waals surface area contributed by atoms with Crippen molar-refractivity contribution in [3.63, 3.8) is 0 Å². The molecule has 3 heterocycles. The number of carbonyl (C=O) groups is 1. The maximum absolute atomic E-state index is 14.0. The van der Waals surface area contributed by atoms with Crippen molar-refractivity contribution in [1.82, 2.24) is 9.80 Å². The molecular weight excluding hydrogens is 419 g/mol. The zero-order valence-corrected chi connectivity index (χ0v) is 18.9. The highest BCUT2D eigenvalue weighted by molar-refractivity contribution is 5.87. The predicted molar refractivity (Wildman–Crippen MR) is 120 cm³/mol. The van der Waals surface area contributed by atoms with E-state index < -0.39 is 6.17 Å². The minimum absolute atomic E-state index is 0. The van der Waals surface area contributed by atoms with Crippen molar-refractivity contribution in [2.75, 3.05) is 26.7 Å². The summed E-state index contributed by atoms with van der Waals surface area (Å²) in [5.41, 5.74) is 1.73. The van der Waals surface area contributed by atoms with Crippen LogP contribution >= 0.6 is 12.4 Å². The van der Waals surface area contributed by atoms with Crippen molar-refractivity contribution in [2.24, 2.45) is 0 Å². The number of furan rings is 1. The first-order valence-corrected chi connectivity index (χ1v) is 11.3. The Morgan fingerprint density at radius 1 is 1.29 bits per heavy atom. The van der Waals surface area contributed by atoms with Crippen LogP contribution in [0.25, 0.3) is 11.0 Å². The molecule has 1 aromatic heterocycles. The second kappa shape index (κ2) is 9.08. The molecule has 4 atom stereocenters. The SMILES string of the molecule is CN(C(=O)Cc1cccc2occc12)[C@@H]1CC[C@]2(CCCO2)C[C@H]1N1CC[C@@H](F)C1.Cl. The summed E-state index contributed by atoms with van der Waals surface area (Å²) in [5.74, 6) is 0.109. The summed E-state index contributed by atoms with van der Waals surface area (Å²) in [6, 6.07) is 8.04. The van der Waals surface area contributed by atoms with Gasteiger partial charge in [0.15, 0.2) is 0 Å². The third-order valence-electron chi connectivity index (χ3n) is 7.56. The van der Waals surface area contributed by atoms with Crippen molar-refractivity contribution in [3.8, 4) is 0 Å². The van der Waals surface area contributed by atoms with Crippen molar-refractivity contribution < 1.29 is 18.3 Å². The largest absolute Gasteiger partial charge is 0.464 e. The number of alkyl halides is 1. The molecular formula is C24H32ClFN2O3. The van der Waals surface area contributed by atoms with E-state index in [0.717, 1.165) is 61.8 Å². The number of benzene rings is 1. The van der Waals surface area contributed by atoms with Crippen molar-refractivity contribution in [3.05, 3.63) is 36.1 Å². The number of amides is 1. The normalized spacial score (nSPS) is 31.2. The lowest BCUT2D eigenvalue weighted by atomic mass is 9.76. The molecule has 2 aromatic rings. The van der Waals surface area contributed by atoms with Gasteiger partial charge in [0, 0.05) is 44.2 Å². The van der Waals surface area contributed by atoms with Crippen LogP contribution in [0.4, 0.5) is 4.39 Å².